The van der Waals surface area contributed by atoms with Crippen LogP contribution in [-0.2, 0) is 12.7 Å². The number of aryl methyl sites for hydroxylation is 2. The van der Waals surface area contributed by atoms with E-state index in [1.807, 2.05) is 13.0 Å². The number of nitrogen functional groups attached to an aromatic ring is 1. The van der Waals surface area contributed by atoms with Gasteiger partial charge in [-0.25, -0.2) is 4.98 Å². The maximum absolute atomic E-state index is 13.1. The molecule has 0 fully saturated rings. The van der Waals surface area contributed by atoms with Gasteiger partial charge in [-0.3, -0.25) is 0 Å². The molecule has 0 saturated heterocycles. The summed E-state index contributed by atoms with van der Waals surface area (Å²) >= 11 is 0. The predicted molar refractivity (Wildman–Crippen MR) is 104 cm³/mol. The Kier molecular flexibility index (Phi) is 5.39. The van der Waals surface area contributed by atoms with Crippen molar-refractivity contribution in [3.8, 4) is 0 Å². The van der Waals surface area contributed by atoms with Crippen molar-refractivity contribution in [3.63, 3.8) is 0 Å². The standard InChI is InChI=1S/C20H20F3N5/c1-12-9-15(7-8-17(12)24)27-19-26-10-13(2)18(28-19)25-11-14-5-3-4-6-16(14)20(21,22)23/h3-10H,11,24H2,1-2H3,(H2,25,26,27,28). The van der Waals surface area contributed by atoms with Crippen LogP contribution in [-0.4, -0.2) is 9.97 Å². The van der Waals surface area contributed by atoms with Crippen molar-refractivity contribution in [3.05, 3.63) is 70.9 Å². The summed E-state index contributed by atoms with van der Waals surface area (Å²) in [4.78, 5) is 8.61. The summed E-state index contributed by atoms with van der Waals surface area (Å²) in [7, 11) is 0. The van der Waals surface area contributed by atoms with E-state index in [2.05, 4.69) is 20.6 Å². The molecular weight excluding hydrogens is 367 g/mol. The summed E-state index contributed by atoms with van der Waals surface area (Å²) < 4.78 is 39.4. The minimum atomic E-state index is -4.40. The molecule has 0 spiro atoms. The molecule has 2 aromatic carbocycles. The summed E-state index contributed by atoms with van der Waals surface area (Å²) in [6.07, 6.45) is -2.80. The minimum absolute atomic E-state index is 0.00600. The van der Waals surface area contributed by atoms with Gasteiger partial charge in [0.1, 0.15) is 5.82 Å². The average molecular weight is 387 g/mol. The quantitative estimate of drug-likeness (QED) is 0.534. The van der Waals surface area contributed by atoms with Crippen molar-refractivity contribution in [1.29, 1.82) is 0 Å². The maximum atomic E-state index is 13.1. The summed E-state index contributed by atoms with van der Waals surface area (Å²) in [5.74, 6) is 0.794. The van der Waals surface area contributed by atoms with Gasteiger partial charge in [0.2, 0.25) is 5.95 Å². The molecule has 8 heteroatoms. The fourth-order valence-corrected chi connectivity index (χ4v) is 2.69. The number of anilines is 4. The second-order valence-corrected chi connectivity index (χ2v) is 6.43. The first-order chi connectivity index (χ1) is 13.2. The van der Waals surface area contributed by atoms with E-state index in [0.29, 0.717) is 17.5 Å². The van der Waals surface area contributed by atoms with E-state index in [0.717, 1.165) is 22.9 Å². The minimum Gasteiger partial charge on any atom is -0.399 e. The first kappa shape index (κ1) is 19.5. The highest BCUT2D eigenvalue weighted by molar-refractivity contribution is 5.61. The van der Waals surface area contributed by atoms with Gasteiger partial charge in [-0.05, 0) is 49.2 Å². The van der Waals surface area contributed by atoms with E-state index in [-0.39, 0.29) is 12.1 Å². The number of benzene rings is 2. The van der Waals surface area contributed by atoms with Gasteiger partial charge in [-0.2, -0.15) is 18.2 Å². The Bertz CT molecular complexity index is 986. The van der Waals surface area contributed by atoms with Gasteiger partial charge in [0.15, 0.2) is 0 Å². The second kappa shape index (κ2) is 7.75. The summed E-state index contributed by atoms with van der Waals surface area (Å²) in [6.45, 7) is 3.67. The third-order valence-electron chi connectivity index (χ3n) is 4.27. The molecule has 0 aliphatic rings. The molecule has 0 saturated carbocycles. The monoisotopic (exact) mass is 387 g/mol. The molecule has 4 N–H and O–H groups in total. The average Bonchev–Trinajstić information content (AvgIpc) is 2.64. The smallest absolute Gasteiger partial charge is 0.399 e. The van der Waals surface area contributed by atoms with Crippen LogP contribution in [0, 0.1) is 13.8 Å². The number of rotatable bonds is 5. The molecule has 1 aromatic heterocycles. The van der Waals surface area contributed by atoms with Crippen molar-refractivity contribution >= 4 is 23.1 Å². The van der Waals surface area contributed by atoms with Gasteiger partial charge in [-0.15, -0.1) is 0 Å². The molecule has 0 atom stereocenters. The molecular formula is C20H20F3N5. The maximum Gasteiger partial charge on any atom is 0.416 e. The highest BCUT2D eigenvalue weighted by Gasteiger charge is 2.32. The number of aromatic nitrogens is 2. The van der Waals surface area contributed by atoms with Crippen LogP contribution in [0.1, 0.15) is 22.3 Å². The fraction of sp³-hybridized carbons (Fsp3) is 0.200. The van der Waals surface area contributed by atoms with Gasteiger partial charge >= 0.3 is 6.18 Å². The van der Waals surface area contributed by atoms with Gasteiger partial charge in [0.05, 0.1) is 5.56 Å². The lowest BCUT2D eigenvalue weighted by Gasteiger charge is -2.15. The normalized spacial score (nSPS) is 11.3. The molecule has 0 aliphatic carbocycles. The Morgan fingerprint density at radius 3 is 2.50 bits per heavy atom. The van der Waals surface area contributed by atoms with Crippen LogP contribution in [0.15, 0.2) is 48.7 Å². The molecule has 3 rings (SSSR count). The Balaban J connectivity index is 1.78. The van der Waals surface area contributed by atoms with E-state index in [1.54, 1.807) is 31.3 Å². The Morgan fingerprint density at radius 1 is 1.04 bits per heavy atom. The van der Waals surface area contributed by atoms with E-state index >= 15 is 0 Å². The first-order valence-corrected chi connectivity index (χ1v) is 8.60. The highest BCUT2D eigenvalue weighted by Crippen LogP contribution is 2.32. The van der Waals surface area contributed by atoms with Crippen LogP contribution in [0.25, 0.3) is 0 Å². The van der Waals surface area contributed by atoms with Crippen molar-refractivity contribution in [2.45, 2.75) is 26.6 Å². The number of hydrogen-bond acceptors (Lipinski definition) is 5. The van der Waals surface area contributed by atoms with Crippen LogP contribution in [0.2, 0.25) is 0 Å². The lowest BCUT2D eigenvalue weighted by atomic mass is 10.1. The Hall–Kier alpha value is -3.29. The number of hydrogen-bond donors (Lipinski definition) is 3. The topological polar surface area (TPSA) is 75.9 Å². The van der Waals surface area contributed by atoms with E-state index in [1.165, 1.54) is 12.1 Å². The van der Waals surface area contributed by atoms with Crippen LogP contribution >= 0.6 is 0 Å². The van der Waals surface area contributed by atoms with Crippen LogP contribution in [0.4, 0.5) is 36.3 Å². The zero-order chi connectivity index (χ0) is 20.3. The third-order valence-corrected chi connectivity index (χ3v) is 4.27. The molecule has 0 aliphatic heterocycles. The van der Waals surface area contributed by atoms with E-state index in [4.69, 9.17) is 5.73 Å². The van der Waals surface area contributed by atoms with E-state index in [9.17, 15) is 13.2 Å². The van der Waals surface area contributed by atoms with Crippen molar-refractivity contribution in [2.24, 2.45) is 0 Å². The van der Waals surface area contributed by atoms with Gasteiger partial charge in [0, 0.05) is 29.7 Å². The molecule has 3 aromatic rings. The first-order valence-electron chi connectivity index (χ1n) is 8.60. The number of halogens is 3. The zero-order valence-electron chi connectivity index (χ0n) is 15.4. The summed E-state index contributed by atoms with van der Waals surface area (Å²) in [5.41, 5.74) is 8.39. The zero-order valence-corrected chi connectivity index (χ0v) is 15.4. The number of alkyl halides is 3. The van der Waals surface area contributed by atoms with Crippen molar-refractivity contribution < 1.29 is 13.2 Å². The van der Waals surface area contributed by atoms with Gasteiger partial charge in [-0.1, -0.05) is 18.2 Å². The predicted octanol–water partition coefficient (Wildman–Crippen LogP) is 5.05. The Morgan fingerprint density at radius 2 is 1.79 bits per heavy atom. The molecule has 1 heterocycles. The summed E-state index contributed by atoms with van der Waals surface area (Å²) in [6, 6.07) is 10.9. The lowest BCUT2D eigenvalue weighted by molar-refractivity contribution is -0.138. The van der Waals surface area contributed by atoms with Crippen molar-refractivity contribution in [2.75, 3.05) is 16.4 Å². The number of nitrogens with two attached hydrogens (primary N) is 1. The molecule has 146 valence electrons. The number of nitrogens with one attached hydrogen (secondary N) is 2. The number of nitrogens with zero attached hydrogens (tertiary/aromatic N) is 2. The molecule has 28 heavy (non-hydrogen) atoms. The van der Waals surface area contributed by atoms with Crippen LogP contribution < -0.4 is 16.4 Å². The lowest BCUT2D eigenvalue weighted by Crippen LogP contribution is -2.13. The third kappa shape index (κ3) is 4.51. The van der Waals surface area contributed by atoms with Gasteiger partial charge in [0.25, 0.3) is 0 Å². The van der Waals surface area contributed by atoms with Crippen LogP contribution in [0.3, 0.4) is 0 Å². The summed E-state index contributed by atoms with van der Waals surface area (Å²) in [5, 5.41) is 6.05. The van der Waals surface area contributed by atoms with Crippen molar-refractivity contribution in [1.82, 2.24) is 9.97 Å². The molecule has 0 unspecified atom stereocenters. The molecule has 5 nitrogen and oxygen atoms in total. The molecule has 0 radical (unpaired) electrons. The second-order valence-electron chi connectivity index (χ2n) is 6.43. The van der Waals surface area contributed by atoms with E-state index < -0.39 is 11.7 Å². The van der Waals surface area contributed by atoms with Gasteiger partial charge < -0.3 is 16.4 Å². The SMILES string of the molecule is Cc1cc(Nc2ncc(C)c(NCc3ccccc3C(F)(F)F)n2)ccc1N. The van der Waals surface area contributed by atoms with Crippen LogP contribution in [0.5, 0.6) is 0 Å². The fourth-order valence-electron chi connectivity index (χ4n) is 2.69. The molecule has 0 amide bonds. The molecule has 0 bridgehead atoms. The Labute approximate surface area is 160 Å². The largest absolute Gasteiger partial charge is 0.416 e. The highest BCUT2D eigenvalue weighted by atomic mass is 19.4.